The van der Waals surface area contributed by atoms with Gasteiger partial charge in [-0.2, -0.15) is 23.3 Å². The summed E-state index contributed by atoms with van der Waals surface area (Å²) in [4.78, 5) is 23.0. The van der Waals surface area contributed by atoms with Crippen LogP contribution in [-0.2, 0) is 30.6 Å². The summed E-state index contributed by atoms with van der Waals surface area (Å²) in [7, 11) is 2.79. The van der Waals surface area contributed by atoms with E-state index in [-0.39, 0.29) is 29.9 Å². The molecule has 6 rings (SSSR count). The highest BCUT2D eigenvalue weighted by Crippen LogP contribution is 2.34. The fourth-order valence-corrected chi connectivity index (χ4v) is 5.24. The minimum Gasteiger partial charge on any atom is -0.496 e. The predicted octanol–water partition coefficient (Wildman–Crippen LogP) is 4.80. The fourth-order valence-electron chi connectivity index (χ4n) is 5.24. The maximum atomic E-state index is 13.1. The van der Waals surface area contributed by atoms with Gasteiger partial charge in [0.05, 0.1) is 56.6 Å². The molecular weight excluding hydrogens is 609 g/mol. The van der Waals surface area contributed by atoms with Crippen molar-refractivity contribution in [1.82, 2.24) is 19.5 Å². The number of fused-ring (bicyclic) bond motifs is 1. The molecule has 4 heterocycles. The Labute approximate surface area is 261 Å². The number of benzene rings is 2. The average Bonchev–Trinajstić information content (AvgIpc) is 3.37. The molecule has 0 saturated carbocycles. The number of hydrogen-bond acceptors (Lipinski definition) is 10. The number of anilines is 1. The van der Waals surface area contributed by atoms with Crippen molar-refractivity contribution >= 4 is 29.2 Å². The van der Waals surface area contributed by atoms with Crippen LogP contribution in [0.2, 0.25) is 0 Å². The number of pyridine rings is 1. The minimum absolute atomic E-state index is 0.0110. The number of halogens is 3. The fraction of sp³-hybridized carbons (Fsp3) is 0.355. The summed E-state index contributed by atoms with van der Waals surface area (Å²) in [5.74, 6) is 0.964. The summed E-state index contributed by atoms with van der Waals surface area (Å²) >= 11 is 0. The van der Waals surface area contributed by atoms with E-state index in [2.05, 4.69) is 10.1 Å². The van der Waals surface area contributed by atoms with Crippen molar-refractivity contribution in [1.29, 1.82) is 0 Å². The summed E-state index contributed by atoms with van der Waals surface area (Å²) < 4.78 is 63.3. The number of aromatic carboxylic acids is 1. The van der Waals surface area contributed by atoms with E-state index in [0.29, 0.717) is 66.8 Å². The number of imidazole rings is 1. The lowest BCUT2D eigenvalue weighted by molar-refractivity contribution is -0.137. The molecule has 46 heavy (non-hydrogen) atoms. The SMILES string of the molecule is COc1cc(C(F)(F)F)ccc1COc1cccc(N2C=NN(Cc3nc4c(OC)cc(C(=O)O)cc4n3C[C@@H]3CCO3)CC2)n1. The average molecular weight is 641 g/mol. The van der Waals surface area contributed by atoms with Crippen LogP contribution in [0.1, 0.15) is 33.7 Å². The Morgan fingerprint density at radius 1 is 1.07 bits per heavy atom. The Kier molecular flexibility index (Phi) is 8.58. The van der Waals surface area contributed by atoms with Crippen molar-refractivity contribution in [3.8, 4) is 17.4 Å². The largest absolute Gasteiger partial charge is 0.496 e. The van der Waals surface area contributed by atoms with Crippen molar-refractivity contribution in [2.45, 2.75) is 38.4 Å². The van der Waals surface area contributed by atoms with Gasteiger partial charge in [-0.25, -0.2) is 9.78 Å². The van der Waals surface area contributed by atoms with Gasteiger partial charge in [-0.05, 0) is 36.8 Å². The molecule has 15 heteroatoms. The van der Waals surface area contributed by atoms with Crippen LogP contribution in [0.15, 0.2) is 53.6 Å². The normalized spacial score (nSPS) is 16.4. The number of carbonyl (C=O) groups is 1. The first-order chi connectivity index (χ1) is 22.1. The number of aromatic nitrogens is 3. The number of carboxylic acids is 1. The molecule has 242 valence electrons. The highest BCUT2D eigenvalue weighted by molar-refractivity contribution is 5.95. The molecule has 1 saturated heterocycles. The number of hydrazone groups is 1. The highest BCUT2D eigenvalue weighted by atomic mass is 19.4. The Bertz CT molecular complexity index is 1770. The van der Waals surface area contributed by atoms with Crippen LogP contribution < -0.4 is 19.1 Å². The molecule has 0 unspecified atom stereocenters. The Hall–Kier alpha value is -5.05. The van der Waals surface area contributed by atoms with Crippen LogP contribution in [0.25, 0.3) is 11.0 Å². The van der Waals surface area contributed by atoms with Gasteiger partial charge in [0.25, 0.3) is 0 Å². The number of alkyl halides is 3. The molecule has 0 spiro atoms. The van der Waals surface area contributed by atoms with Crippen molar-refractivity contribution < 1.29 is 42.0 Å². The molecule has 0 aliphatic carbocycles. The Morgan fingerprint density at radius 3 is 2.52 bits per heavy atom. The van der Waals surface area contributed by atoms with Gasteiger partial charge < -0.3 is 33.5 Å². The third-order valence-corrected chi connectivity index (χ3v) is 7.81. The summed E-state index contributed by atoms with van der Waals surface area (Å²) in [6.45, 7) is 2.62. The molecule has 2 aliphatic rings. The number of nitrogens with zero attached hydrogens (tertiary/aromatic N) is 6. The minimum atomic E-state index is -4.48. The number of rotatable bonds is 11. The van der Waals surface area contributed by atoms with Crippen molar-refractivity contribution in [3.05, 3.63) is 71.0 Å². The first-order valence-corrected chi connectivity index (χ1v) is 14.4. The van der Waals surface area contributed by atoms with Crippen LogP contribution in [-0.4, -0.2) is 77.0 Å². The number of carboxylic acid groups (broad SMARTS) is 1. The molecule has 0 radical (unpaired) electrons. The Morgan fingerprint density at radius 2 is 1.87 bits per heavy atom. The van der Waals surface area contributed by atoms with E-state index in [1.807, 2.05) is 14.5 Å². The van der Waals surface area contributed by atoms with Gasteiger partial charge in [-0.1, -0.05) is 12.1 Å². The van der Waals surface area contributed by atoms with Crippen LogP contribution in [0.3, 0.4) is 0 Å². The number of ether oxygens (including phenoxy) is 4. The van der Waals surface area contributed by atoms with Gasteiger partial charge in [0.2, 0.25) is 5.88 Å². The number of methoxy groups -OCH3 is 2. The second-order valence-corrected chi connectivity index (χ2v) is 10.7. The van der Waals surface area contributed by atoms with E-state index >= 15 is 0 Å². The molecule has 1 N–H and O–H groups in total. The third-order valence-electron chi connectivity index (χ3n) is 7.81. The molecule has 4 aromatic rings. The molecule has 0 amide bonds. The van der Waals surface area contributed by atoms with Crippen molar-refractivity contribution in [2.75, 3.05) is 38.8 Å². The standard InChI is InChI=1S/C31H31F3N6O6/c1-43-24-14-21(31(32,33)34)7-6-19(24)17-46-28-5-3-4-26(36-28)38-9-10-39(35-18-38)16-27-37-29-23(40(27)15-22-8-11-45-22)12-20(30(41)42)13-25(29)44-2/h3-7,12-14,18,22H,8-11,15-17H2,1-2H3,(H,41,42)/t22-/m0/s1. The van der Waals surface area contributed by atoms with E-state index in [0.717, 1.165) is 18.6 Å². The molecule has 0 bridgehead atoms. The van der Waals surface area contributed by atoms with Crippen LogP contribution in [0.5, 0.6) is 17.4 Å². The highest BCUT2D eigenvalue weighted by Gasteiger charge is 2.31. The van der Waals surface area contributed by atoms with Crippen LogP contribution in [0, 0.1) is 0 Å². The van der Waals surface area contributed by atoms with E-state index in [9.17, 15) is 23.1 Å². The maximum absolute atomic E-state index is 13.1. The lowest BCUT2D eigenvalue weighted by atomic mass is 10.1. The maximum Gasteiger partial charge on any atom is 0.416 e. The van der Waals surface area contributed by atoms with Gasteiger partial charge in [0.1, 0.15) is 41.6 Å². The van der Waals surface area contributed by atoms with Gasteiger partial charge in [-0.3, -0.25) is 5.01 Å². The predicted molar refractivity (Wildman–Crippen MR) is 160 cm³/mol. The van der Waals surface area contributed by atoms with Gasteiger partial charge >= 0.3 is 12.1 Å². The molecule has 2 aliphatic heterocycles. The summed E-state index contributed by atoms with van der Waals surface area (Å²) in [6.07, 6.45) is -1.91. The summed E-state index contributed by atoms with van der Waals surface area (Å²) in [6, 6.07) is 11.6. The number of hydrogen-bond donors (Lipinski definition) is 1. The van der Waals surface area contributed by atoms with Crippen molar-refractivity contribution in [3.63, 3.8) is 0 Å². The molecule has 2 aromatic heterocycles. The second-order valence-electron chi connectivity index (χ2n) is 10.7. The molecule has 2 aromatic carbocycles. The van der Waals surface area contributed by atoms with E-state index in [1.54, 1.807) is 30.6 Å². The van der Waals surface area contributed by atoms with Gasteiger partial charge in [0.15, 0.2) is 0 Å². The van der Waals surface area contributed by atoms with E-state index in [4.69, 9.17) is 23.9 Å². The van der Waals surface area contributed by atoms with Gasteiger partial charge in [-0.15, -0.1) is 0 Å². The quantitative estimate of drug-likeness (QED) is 0.245. The lowest BCUT2D eigenvalue weighted by Crippen LogP contribution is -2.38. The second kappa shape index (κ2) is 12.7. The van der Waals surface area contributed by atoms with Crippen LogP contribution in [0.4, 0.5) is 19.0 Å². The molecule has 1 fully saturated rings. The lowest BCUT2D eigenvalue weighted by Gasteiger charge is -2.30. The van der Waals surface area contributed by atoms with E-state index < -0.39 is 17.7 Å². The molecular formula is C31H31F3N6O6. The summed E-state index contributed by atoms with van der Waals surface area (Å²) in [5, 5.41) is 16.1. The van der Waals surface area contributed by atoms with Gasteiger partial charge in [0, 0.05) is 24.8 Å². The zero-order valence-electron chi connectivity index (χ0n) is 25.0. The first kappa shape index (κ1) is 31.0. The first-order valence-electron chi connectivity index (χ1n) is 14.4. The third kappa shape index (κ3) is 6.49. The van der Waals surface area contributed by atoms with Crippen molar-refractivity contribution in [2.24, 2.45) is 5.10 Å². The Balaban J connectivity index is 1.16. The topological polar surface area (TPSA) is 124 Å². The monoisotopic (exact) mass is 640 g/mol. The smallest absolute Gasteiger partial charge is 0.416 e. The molecule has 1 atom stereocenters. The zero-order valence-corrected chi connectivity index (χ0v) is 25.0. The summed E-state index contributed by atoms with van der Waals surface area (Å²) in [5.41, 5.74) is 0.975. The van der Waals surface area contributed by atoms with Crippen LogP contribution >= 0.6 is 0 Å². The van der Waals surface area contributed by atoms with E-state index in [1.165, 1.54) is 26.4 Å². The molecule has 12 nitrogen and oxygen atoms in total. The zero-order chi connectivity index (χ0) is 32.4.